The lowest BCUT2D eigenvalue weighted by Gasteiger charge is -2.18. The lowest BCUT2D eigenvalue weighted by atomic mass is 10.2. The Morgan fingerprint density at radius 1 is 0.900 bits per heavy atom. The standard InChI is InChI=1S/C24H32N4O2/c1-2-8-19-29-21-11-3-4-12-22(21)30-24-20(10-9-14-27-24)23(25-13-5-1)26-15-18-28-16-6-7-17-28/h3-4,9-12,14H,1-2,5-8,13,15-19H2,(H,25,26). The number of nitrogens with zero attached hydrogens (tertiary/aromatic N) is 3. The largest absolute Gasteiger partial charge is 0.490 e. The van der Waals surface area contributed by atoms with Crippen LogP contribution in [0.4, 0.5) is 0 Å². The molecule has 1 saturated heterocycles. The molecule has 0 unspecified atom stereocenters. The number of fused-ring (bicyclic) bond motifs is 2. The summed E-state index contributed by atoms with van der Waals surface area (Å²) in [5.74, 6) is 2.86. The highest BCUT2D eigenvalue weighted by Gasteiger charge is 2.16. The average molecular weight is 409 g/mol. The van der Waals surface area contributed by atoms with Crippen molar-refractivity contribution in [3.8, 4) is 17.4 Å². The quantitative estimate of drug-likeness (QED) is 0.822. The van der Waals surface area contributed by atoms with Gasteiger partial charge in [-0.15, -0.1) is 0 Å². The Bertz CT molecular complexity index is 833. The summed E-state index contributed by atoms with van der Waals surface area (Å²) in [4.78, 5) is 11.9. The van der Waals surface area contributed by atoms with E-state index in [2.05, 4.69) is 15.2 Å². The second kappa shape index (κ2) is 11.0. The monoisotopic (exact) mass is 408 g/mol. The smallest absolute Gasteiger partial charge is 0.230 e. The summed E-state index contributed by atoms with van der Waals surface area (Å²) in [5, 5.41) is 3.57. The molecule has 1 aromatic carbocycles. The number of benzene rings is 1. The van der Waals surface area contributed by atoms with Gasteiger partial charge in [0.25, 0.3) is 0 Å². The summed E-state index contributed by atoms with van der Waals surface area (Å²) in [6, 6.07) is 11.8. The van der Waals surface area contributed by atoms with Crippen LogP contribution >= 0.6 is 0 Å². The summed E-state index contributed by atoms with van der Waals surface area (Å²) < 4.78 is 12.2. The lowest BCUT2D eigenvalue weighted by Crippen LogP contribution is -2.34. The molecule has 0 saturated carbocycles. The number of likely N-dealkylation sites (tertiary alicyclic amines) is 1. The second-order valence-corrected chi connectivity index (χ2v) is 7.87. The van der Waals surface area contributed by atoms with Gasteiger partial charge in [0.2, 0.25) is 5.88 Å². The molecule has 1 fully saturated rings. The molecule has 2 aliphatic heterocycles. The summed E-state index contributed by atoms with van der Waals surface area (Å²) in [6.07, 6.45) is 8.79. The molecule has 4 rings (SSSR count). The van der Waals surface area contributed by atoms with Crippen molar-refractivity contribution in [3.63, 3.8) is 0 Å². The summed E-state index contributed by atoms with van der Waals surface area (Å²) in [6.45, 7) is 5.80. The molecule has 0 aliphatic carbocycles. The fourth-order valence-electron chi connectivity index (χ4n) is 3.93. The molecule has 6 nitrogen and oxygen atoms in total. The lowest BCUT2D eigenvalue weighted by molar-refractivity contribution is 0.290. The van der Waals surface area contributed by atoms with Gasteiger partial charge in [0.1, 0.15) is 5.84 Å². The van der Waals surface area contributed by atoms with Crippen molar-refractivity contribution in [2.45, 2.75) is 38.5 Å². The van der Waals surface area contributed by atoms with Crippen molar-refractivity contribution >= 4 is 5.84 Å². The van der Waals surface area contributed by atoms with Crippen LogP contribution in [0.25, 0.3) is 0 Å². The zero-order valence-corrected chi connectivity index (χ0v) is 17.7. The first-order chi connectivity index (χ1) is 14.9. The van der Waals surface area contributed by atoms with E-state index in [0.717, 1.165) is 62.5 Å². The maximum absolute atomic E-state index is 6.23. The molecule has 1 aromatic heterocycles. The molecule has 2 aliphatic rings. The first-order valence-electron chi connectivity index (χ1n) is 11.3. The topological polar surface area (TPSA) is 59.0 Å². The molecule has 0 amide bonds. The van der Waals surface area contributed by atoms with Crippen LogP contribution in [-0.2, 0) is 0 Å². The van der Waals surface area contributed by atoms with Gasteiger partial charge in [0.15, 0.2) is 11.5 Å². The Balaban J connectivity index is 1.56. The summed E-state index contributed by atoms with van der Waals surface area (Å²) in [5.41, 5.74) is 0.894. The number of ether oxygens (including phenoxy) is 2. The number of aromatic nitrogens is 1. The van der Waals surface area contributed by atoms with Gasteiger partial charge < -0.3 is 19.7 Å². The molecular weight excluding hydrogens is 376 g/mol. The van der Waals surface area contributed by atoms with E-state index in [-0.39, 0.29) is 0 Å². The Kier molecular flexibility index (Phi) is 7.56. The van der Waals surface area contributed by atoms with E-state index < -0.39 is 0 Å². The van der Waals surface area contributed by atoms with Crippen molar-refractivity contribution in [1.82, 2.24) is 15.2 Å². The van der Waals surface area contributed by atoms with Crippen LogP contribution in [0.5, 0.6) is 17.4 Å². The highest BCUT2D eigenvalue weighted by Crippen LogP contribution is 2.32. The molecule has 0 radical (unpaired) electrons. The van der Waals surface area contributed by atoms with Gasteiger partial charge in [0, 0.05) is 25.8 Å². The van der Waals surface area contributed by atoms with Crippen molar-refractivity contribution in [1.29, 1.82) is 0 Å². The van der Waals surface area contributed by atoms with Crippen LogP contribution in [0.3, 0.4) is 0 Å². The molecule has 1 N–H and O–H groups in total. The molecule has 0 spiro atoms. The van der Waals surface area contributed by atoms with Crippen LogP contribution in [0.15, 0.2) is 47.6 Å². The zero-order valence-electron chi connectivity index (χ0n) is 17.7. The normalized spacial score (nSPS) is 18.2. The van der Waals surface area contributed by atoms with Crippen molar-refractivity contribution in [2.24, 2.45) is 4.99 Å². The number of hydrogen-bond donors (Lipinski definition) is 1. The van der Waals surface area contributed by atoms with Crippen LogP contribution in [0, 0.1) is 0 Å². The second-order valence-electron chi connectivity index (χ2n) is 7.87. The molecule has 6 heteroatoms. The van der Waals surface area contributed by atoms with Gasteiger partial charge in [-0.1, -0.05) is 18.6 Å². The first-order valence-corrected chi connectivity index (χ1v) is 11.3. The van der Waals surface area contributed by atoms with Gasteiger partial charge in [-0.25, -0.2) is 4.98 Å². The summed E-state index contributed by atoms with van der Waals surface area (Å²) >= 11 is 0. The average Bonchev–Trinajstić information content (AvgIpc) is 3.29. The highest BCUT2D eigenvalue weighted by atomic mass is 16.5. The fourth-order valence-corrected chi connectivity index (χ4v) is 3.93. The van der Waals surface area contributed by atoms with E-state index in [4.69, 9.17) is 14.5 Å². The number of nitrogens with one attached hydrogen (secondary N) is 1. The predicted molar refractivity (Wildman–Crippen MR) is 120 cm³/mol. The number of aliphatic imine (C=N–C) groups is 1. The minimum absolute atomic E-state index is 0.554. The van der Waals surface area contributed by atoms with E-state index in [9.17, 15) is 0 Å². The molecule has 160 valence electrons. The van der Waals surface area contributed by atoms with E-state index in [1.165, 1.54) is 25.9 Å². The van der Waals surface area contributed by atoms with Gasteiger partial charge in [-0.05, 0) is 69.5 Å². The Morgan fingerprint density at radius 2 is 1.73 bits per heavy atom. The number of amidine groups is 1. The number of pyridine rings is 1. The fraction of sp³-hybridized carbons (Fsp3) is 0.500. The molecule has 3 heterocycles. The third-order valence-corrected chi connectivity index (χ3v) is 5.58. The Morgan fingerprint density at radius 3 is 2.63 bits per heavy atom. The minimum atomic E-state index is 0.554. The van der Waals surface area contributed by atoms with Gasteiger partial charge in [-0.2, -0.15) is 0 Å². The minimum Gasteiger partial charge on any atom is -0.490 e. The van der Waals surface area contributed by atoms with Gasteiger partial charge >= 0.3 is 0 Å². The zero-order chi connectivity index (χ0) is 20.4. The number of hydrogen-bond acceptors (Lipinski definition) is 6. The van der Waals surface area contributed by atoms with Gasteiger partial charge in [-0.3, -0.25) is 4.99 Å². The first kappa shape index (κ1) is 20.7. The van der Waals surface area contributed by atoms with Crippen molar-refractivity contribution in [2.75, 3.05) is 39.3 Å². The molecule has 0 atom stereocenters. The van der Waals surface area contributed by atoms with Crippen LogP contribution in [-0.4, -0.2) is 55.1 Å². The van der Waals surface area contributed by atoms with Crippen LogP contribution < -0.4 is 14.8 Å². The highest BCUT2D eigenvalue weighted by molar-refractivity contribution is 6.00. The van der Waals surface area contributed by atoms with Crippen molar-refractivity contribution in [3.05, 3.63) is 48.2 Å². The van der Waals surface area contributed by atoms with Gasteiger partial charge in [0.05, 0.1) is 12.2 Å². The van der Waals surface area contributed by atoms with Crippen LogP contribution in [0.1, 0.15) is 44.1 Å². The molecule has 0 bridgehead atoms. The van der Waals surface area contributed by atoms with E-state index in [1.54, 1.807) is 6.20 Å². The van der Waals surface area contributed by atoms with E-state index in [0.29, 0.717) is 18.2 Å². The maximum Gasteiger partial charge on any atom is 0.230 e. The SMILES string of the molecule is c1ccc2c(c1)OCCCCCCN=C(NCCN1CCCC1)c1cccnc1O2. The molecule has 2 aromatic rings. The Labute approximate surface area is 179 Å². The maximum atomic E-state index is 6.23. The van der Waals surface area contributed by atoms with E-state index in [1.807, 2.05) is 36.4 Å². The van der Waals surface area contributed by atoms with Crippen LogP contribution in [0.2, 0.25) is 0 Å². The number of rotatable bonds is 3. The third-order valence-electron chi connectivity index (χ3n) is 5.58. The number of para-hydroxylation sites is 2. The molecular formula is C24H32N4O2. The molecule has 30 heavy (non-hydrogen) atoms. The van der Waals surface area contributed by atoms with E-state index >= 15 is 0 Å². The third kappa shape index (κ3) is 5.72. The van der Waals surface area contributed by atoms with Crippen molar-refractivity contribution < 1.29 is 9.47 Å². The summed E-state index contributed by atoms with van der Waals surface area (Å²) in [7, 11) is 0. The predicted octanol–water partition coefficient (Wildman–Crippen LogP) is 4.26. The Hall–Kier alpha value is -2.60.